The third-order valence-electron chi connectivity index (χ3n) is 6.30. The van der Waals surface area contributed by atoms with Crippen LogP contribution in [-0.2, 0) is 11.3 Å². The summed E-state index contributed by atoms with van der Waals surface area (Å²) in [6.45, 7) is 6.45. The number of urea groups is 1. The summed E-state index contributed by atoms with van der Waals surface area (Å²) in [5.74, 6) is -0.644. The molecule has 2 aliphatic heterocycles. The van der Waals surface area contributed by atoms with Crippen molar-refractivity contribution in [3.05, 3.63) is 69.6 Å². The zero-order valence-electron chi connectivity index (χ0n) is 18.0. The van der Waals surface area contributed by atoms with Gasteiger partial charge in [0, 0.05) is 28.9 Å². The molecule has 0 spiro atoms. The van der Waals surface area contributed by atoms with Crippen molar-refractivity contribution in [3.8, 4) is 0 Å². The number of carbonyl (C=O) groups excluding carboxylic acids is 2. The molecule has 2 aliphatic rings. The number of halogens is 2. The number of amides is 3. The van der Waals surface area contributed by atoms with Gasteiger partial charge in [-0.25, -0.2) is 9.18 Å². The zero-order valence-corrected chi connectivity index (χ0v) is 18.8. The van der Waals surface area contributed by atoms with E-state index < -0.39 is 17.8 Å². The number of carbonyl (C=O) groups is 2. The summed E-state index contributed by atoms with van der Waals surface area (Å²) in [6, 6.07) is 9.41. The van der Waals surface area contributed by atoms with Crippen LogP contribution in [0.4, 0.5) is 14.9 Å². The van der Waals surface area contributed by atoms with Crippen LogP contribution in [0.2, 0.25) is 5.02 Å². The van der Waals surface area contributed by atoms with Crippen LogP contribution in [-0.4, -0.2) is 29.4 Å². The minimum Gasteiger partial charge on any atom is -0.369 e. The van der Waals surface area contributed by atoms with Crippen LogP contribution in [0.15, 0.2) is 42.1 Å². The van der Waals surface area contributed by atoms with Crippen molar-refractivity contribution < 1.29 is 14.0 Å². The molecular formula is C24H25ClFN3O2. The summed E-state index contributed by atoms with van der Waals surface area (Å²) >= 11 is 6.56. The highest BCUT2D eigenvalue weighted by molar-refractivity contribution is 6.32. The smallest absolute Gasteiger partial charge is 0.329 e. The third-order valence-corrected chi connectivity index (χ3v) is 6.63. The first-order chi connectivity index (χ1) is 14.6. The molecule has 31 heavy (non-hydrogen) atoms. The van der Waals surface area contributed by atoms with Gasteiger partial charge in [0.25, 0.3) is 5.91 Å². The fourth-order valence-corrected chi connectivity index (χ4v) is 4.60. The number of rotatable bonds is 3. The lowest BCUT2D eigenvalue weighted by atomic mass is 9.80. The molecule has 0 aliphatic carbocycles. The molecule has 0 radical (unpaired) electrons. The number of nitrogens with zero attached hydrogens (tertiary/aromatic N) is 2. The summed E-state index contributed by atoms with van der Waals surface area (Å²) in [5, 5.41) is 3.09. The SMILES string of the molecule is C[C@H]1CC(C)(C)N(C)c2cc(Cl)c(/C=C3\NC(=O)N(Cc4ccccc4F)C3=O)cc21. The fraction of sp³-hybridized carbons (Fsp3) is 0.333. The Labute approximate surface area is 186 Å². The molecule has 2 aromatic carbocycles. The Kier molecular flexibility index (Phi) is 5.30. The van der Waals surface area contributed by atoms with Crippen LogP contribution in [0.5, 0.6) is 0 Å². The van der Waals surface area contributed by atoms with Gasteiger partial charge in [0.1, 0.15) is 11.5 Å². The molecule has 0 bridgehead atoms. The molecule has 2 heterocycles. The molecule has 1 fully saturated rings. The number of hydrogen-bond acceptors (Lipinski definition) is 3. The van der Waals surface area contributed by atoms with E-state index >= 15 is 0 Å². The van der Waals surface area contributed by atoms with E-state index in [2.05, 4.69) is 38.0 Å². The first-order valence-electron chi connectivity index (χ1n) is 10.2. The normalized spacial score (nSPS) is 21.5. The molecular weight excluding hydrogens is 417 g/mol. The second kappa shape index (κ2) is 7.68. The van der Waals surface area contributed by atoms with Gasteiger partial charge in [0.15, 0.2) is 0 Å². The summed E-state index contributed by atoms with van der Waals surface area (Å²) < 4.78 is 14.0. The molecule has 7 heteroatoms. The van der Waals surface area contributed by atoms with Gasteiger partial charge in [0.05, 0.1) is 6.54 Å². The highest BCUT2D eigenvalue weighted by Gasteiger charge is 2.36. The van der Waals surface area contributed by atoms with Crippen molar-refractivity contribution >= 4 is 35.3 Å². The average Bonchev–Trinajstić information content (AvgIpc) is 2.96. The Morgan fingerprint density at radius 1 is 1.26 bits per heavy atom. The molecule has 0 unspecified atom stereocenters. The van der Waals surface area contributed by atoms with Crippen LogP contribution in [0.1, 0.15) is 49.8 Å². The largest absolute Gasteiger partial charge is 0.369 e. The van der Waals surface area contributed by atoms with Crippen molar-refractivity contribution in [2.45, 2.75) is 45.2 Å². The number of nitrogens with one attached hydrogen (secondary N) is 1. The minimum absolute atomic E-state index is 0.0122. The molecule has 0 aromatic heterocycles. The van der Waals surface area contributed by atoms with Crippen molar-refractivity contribution in [3.63, 3.8) is 0 Å². The summed E-state index contributed by atoms with van der Waals surface area (Å²) in [6.07, 6.45) is 2.58. The fourth-order valence-electron chi connectivity index (χ4n) is 4.38. The lowest BCUT2D eigenvalue weighted by Crippen LogP contribution is -2.45. The zero-order chi connectivity index (χ0) is 22.5. The Hall–Kier alpha value is -2.86. The first-order valence-corrected chi connectivity index (χ1v) is 10.6. The van der Waals surface area contributed by atoms with E-state index in [0.29, 0.717) is 16.5 Å². The van der Waals surface area contributed by atoms with Crippen LogP contribution in [0.3, 0.4) is 0 Å². The Bertz CT molecular complexity index is 1110. The standard InChI is InChI=1S/C24H25ClFN3O2/c1-14-12-24(2,3)28(4)21-11-18(25)16(9-17(14)21)10-20-22(30)29(23(31)27-20)13-15-7-5-6-8-19(15)26/h5-11,14H,12-13H2,1-4H3,(H,27,31)/b20-10-/t14-/m0/s1. The molecule has 1 atom stereocenters. The van der Waals surface area contributed by atoms with E-state index in [1.807, 2.05) is 12.1 Å². The highest BCUT2D eigenvalue weighted by Crippen LogP contribution is 2.44. The Morgan fingerprint density at radius 3 is 2.68 bits per heavy atom. The van der Waals surface area contributed by atoms with E-state index in [9.17, 15) is 14.0 Å². The lowest BCUT2D eigenvalue weighted by molar-refractivity contribution is -0.123. The molecule has 2 aromatic rings. The molecule has 4 rings (SSSR count). The Morgan fingerprint density at radius 2 is 1.97 bits per heavy atom. The molecule has 3 amide bonds. The number of imide groups is 1. The van der Waals surface area contributed by atoms with Gasteiger partial charge in [-0.3, -0.25) is 9.69 Å². The van der Waals surface area contributed by atoms with Gasteiger partial charge < -0.3 is 10.2 Å². The topological polar surface area (TPSA) is 52.7 Å². The predicted molar refractivity (Wildman–Crippen MR) is 120 cm³/mol. The number of anilines is 1. The first kappa shape index (κ1) is 21.4. The van der Waals surface area contributed by atoms with Gasteiger partial charge in [0.2, 0.25) is 0 Å². The van der Waals surface area contributed by atoms with Gasteiger partial charge >= 0.3 is 6.03 Å². The van der Waals surface area contributed by atoms with E-state index in [1.54, 1.807) is 24.3 Å². The molecule has 162 valence electrons. The quantitative estimate of drug-likeness (QED) is 0.519. The summed E-state index contributed by atoms with van der Waals surface area (Å²) in [7, 11) is 2.06. The van der Waals surface area contributed by atoms with Crippen molar-refractivity contribution in [1.82, 2.24) is 10.2 Å². The van der Waals surface area contributed by atoms with E-state index in [-0.39, 0.29) is 23.3 Å². The maximum atomic E-state index is 14.0. The Balaban J connectivity index is 1.65. The van der Waals surface area contributed by atoms with Crippen molar-refractivity contribution in [2.75, 3.05) is 11.9 Å². The van der Waals surface area contributed by atoms with Gasteiger partial charge in [-0.05, 0) is 61.6 Å². The average molecular weight is 442 g/mol. The van der Waals surface area contributed by atoms with Crippen LogP contribution >= 0.6 is 11.6 Å². The van der Waals surface area contributed by atoms with Gasteiger partial charge in [-0.15, -0.1) is 0 Å². The van der Waals surface area contributed by atoms with Crippen LogP contribution in [0, 0.1) is 5.82 Å². The molecule has 0 saturated carbocycles. The second-order valence-electron chi connectivity index (χ2n) is 8.88. The second-order valence-corrected chi connectivity index (χ2v) is 9.29. The molecule has 1 N–H and O–H groups in total. The minimum atomic E-state index is -0.580. The maximum Gasteiger partial charge on any atom is 0.329 e. The third kappa shape index (κ3) is 3.81. The lowest BCUT2D eigenvalue weighted by Gasteiger charge is -2.45. The summed E-state index contributed by atoms with van der Waals surface area (Å²) in [5.41, 5.74) is 3.30. The van der Waals surface area contributed by atoms with Crippen molar-refractivity contribution in [2.24, 2.45) is 0 Å². The number of hydrogen-bond donors (Lipinski definition) is 1. The molecule has 5 nitrogen and oxygen atoms in total. The van der Waals surface area contributed by atoms with Crippen molar-refractivity contribution in [1.29, 1.82) is 0 Å². The highest BCUT2D eigenvalue weighted by atomic mass is 35.5. The number of fused-ring (bicyclic) bond motifs is 1. The van der Waals surface area contributed by atoms with Gasteiger partial charge in [-0.1, -0.05) is 36.7 Å². The van der Waals surface area contributed by atoms with Crippen LogP contribution in [0.25, 0.3) is 6.08 Å². The summed E-state index contributed by atoms with van der Waals surface area (Å²) in [4.78, 5) is 28.4. The van der Waals surface area contributed by atoms with E-state index in [4.69, 9.17) is 11.6 Å². The van der Waals surface area contributed by atoms with Gasteiger partial charge in [-0.2, -0.15) is 0 Å². The number of benzene rings is 2. The maximum absolute atomic E-state index is 14.0. The monoisotopic (exact) mass is 441 g/mol. The van der Waals surface area contributed by atoms with E-state index in [0.717, 1.165) is 22.6 Å². The van der Waals surface area contributed by atoms with E-state index in [1.165, 1.54) is 6.07 Å². The molecule has 1 saturated heterocycles. The predicted octanol–water partition coefficient (Wildman–Crippen LogP) is 5.29. The van der Waals surface area contributed by atoms with Crippen LogP contribution < -0.4 is 10.2 Å².